The van der Waals surface area contributed by atoms with Crippen LogP contribution in [0.3, 0.4) is 0 Å². The van der Waals surface area contributed by atoms with E-state index >= 15 is 0 Å². The molecule has 0 bridgehead atoms. The number of methoxy groups -OCH3 is 1. The summed E-state index contributed by atoms with van der Waals surface area (Å²) in [7, 11) is 3.73. The van der Waals surface area contributed by atoms with Crippen molar-refractivity contribution in [3.63, 3.8) is 0 Å². The van der Waals surface area contributed by atoms with Gasteiger partial charge < -0.3 is 9.64 Å². The highest BCUT2D eigenvalue weighted by molar-refractivity contribution is 5.59. The van der Waals surface area contributed by atoms with E-state index in [1.165, 1.54) is 11.3 Å². The van der Waals surface area contributed by atoms with Gasteiger partial charge in [-0.05, 0) is 30.2 Å². The summed E-state index contributed by atoms with van der Waals surface area (Å²) >= 11 is 0. The second-order valence-electron chi connectivity index (χ2n) is 4.26. The number of fused-ring (bicyclic) bond motifs is 1. The lowest BCUT2D eigenvalue weighted by Crippen LogP contribution is -2.28. The third-order valence-corrected chi connectivity index (χ3v) is 3.27. The molecule has 1 aliphatic rings. The van der Waals surface area contributed by atoms with Crippen LogP contribution in [0.1, 0.15) is 17.9 Å². The van der Waals surface area contributed by atoms with Crippen molar-refractivity contribution < 1.29 is 9.53 Å². The van der Waals surface area contributed by atoms with Gasteiger partial charge in [0.05, 0.1) is 13.7 Å². The average molecular weight is 232 g/mol. The first-order valence-electron chi connectivity index (χ1n) is 5.69. The normalized spacial score (nSPS) is 18.2. The fourth-order valence-corrected chi connectivity index (χ4v) is 2.30. The highest BCUT2D eigenvalue weighted by Crippen LogP contribution is 2.36. The molecule has 1 unspecified atom stereocenters. The number of rotatable bonds is 3. The van der Waals surface area contributed by atoms with Gasteiger partial charge >= 0.3 is 0 Å². The highest BCUT2D eigenvalue weighted by Gasteiger charge is 2.23. The molecule has 90 valence electrons. The summed E-state index contributed by atoms with van der Waals surface area (Å²) in [5.74, 6) is 1.14. The van der Waals surface area contributed by atoms with E-state index in [0.29, 0.717) is 6.54 Å². The lowest BCUT2D eigenvalue weighted by molar-refractivity contribution is 0.413. The van der Waals surface area contributed by atoms with Crippen molar-refractivity contribution in [1.82, 2.24) is 0 Å². The first kappa shape index (κ1) is 11.7. The van der Waals surface area contributed by atoms with Crippen LogP contribution in [0.2, 0.25) is 0 Å². The Hall–Kier alpha value is -1.80. The number of nitrogens with zero attached hydrogens (tertiary/aromatic N) is 2. The lowest BCUT2D eigenvalue weighted by Gasteiger charge is -2.32. The maximum absolute atomic E-state index is 10.2. The lowest BCUT2D eigenvalue weighted by atomic mass is 9.90. The van der Waals surface area contributed by atoms with Crippen LogP contribution >= 0.6 is 0 Å². The molecular weight excluding hydrogens is 216 g/mol. The summed E-state index contributed by atoms with van der Waals surface area (Å²) in [4.78, 5) is 16.1. The smallest absolute Gasteiger partial charge is 0.234 e. The van der Waals surface area contributed by atoms with E-state index in [2.05, 4.69) is 23.0 Å². The predicted octanol–water partition coefficient (Wildman–Crippen LogP) is 1.95. The zero-order valence-electron chi connectivity index (χ0n) is 10.1. The van der Waals surface area contributed by atoms with E-state index in [1.807, 2.05) is 12.1 Å². The van der Waals surface area contributed by atoms with Crippen molar-refractivity contribution in [1.29, 1.82) is 0 Å². The van der Waals surface area contributed by atoms with Crippen LogP contribution in [0, 0.1) is 0 Å². The number of benzene rings is 1. The van der Waals surface area contributed by atoms with Gasteiger partial charge in [-0.15, -0.1) is 0 Å². The molecule has 0 radical (unpaired) electrons. The minimum absolute atomic E-state index is 0.290. The van der Waals surface area contributed by atoms with Gasteiger partial charge in [-0.1, -0.05) is 0 Å². The van der Waals surface area contributed by atoms with Gasteiger partial charge in [0.15, 0.2) is 0 Å². The zero-order chi connectivity index (χ0) is 12.3. The van der Waals surface area contributed by atoms with Gasteiger partial charge in [0.2, 0.25) is 6.08 Å². The van der Waals surface area contributed by atoms with E-state index < -0.39 is 0 Å². The molecule has 0 saturated carbocycles. The molecule has 1 atom stereocenters. The fraction of sp³-hybridized carbons (Fsp3) is 0.462. The summed E-state index contributed by atoms with van der Waals surface area (Å²) in [6, 6.07) is 6.06. The molecule has 4 heteroatoms. The van der Waals surface area contributed by atoms with Gasteiger partial charge in [-0.25, -0.2) is 9.79 Å². The van der Waals surface area contributed by atoms with Crippen molar-refractivity contribution >= 4 is 11.8 Å². The van der Waals surface area contributed by atoms with Crippen LogP contribution in [-0.4, -0.2) is 33.3 Å². The predicted molar refractivity (Wildman–Crippen MR) is 66.6 cm³/mol. The molecule has 1 aliphatic heterocycles. The van der Waals surface area contributed by atoms with Crippen LogP contribution in [0.25, 0.3) is 0 Å². The average Bonchev–Trinajstić information content (AvgIpc) is 2.37. The number of ether oxygens (including phenoxy) is 1. The summed E-state index contributed by atoms with van der Waals surface area (Å²) in [6.45, 7) is 1.50. The monoisotopic (exact) mass is 232 g/mol. The number of hydrogen-bond donors (Lipinski definition) is 0. The Kier molecular flexibility index (Phi) is 3.45. The fourth-order valence-electron chi connectivity index (χ4n) is 2.30. The maximum atomic E-state index is 10.2. The topological polar surface area (TPSA) is 41.9 Å². The number of carbonyl (C=O) groups excluding carboxylic acids is 1. The Labute approximate surface area is 101 Å². The molecule has 0 fully saturated rings. The van der Waals surface area contributed by atoms with Crippen molar-refractivity contribution in [2.45, 2.75) is 12.3 Å². The van der Waals surface area contributed by atoms with Crippen molar-refractivity contribution in [2.75, 3.05) is 32.1 Å². The van der Waals surface area contributed by atoms with Gasteiger partial charge in [-0.2, -0.15) is 0 Å². The number of aliphatic imine (C=N–C) groups is 1. The Morgan fingerprint density at radius 1 is 1.59 bits per heavy atom. The number of hydrogen-bond acceptors (Lipinski definition) is 4. The van der Waals surface area contributed by atoms with Crippen LogP contribution in [0.4, 0.5) is 5.69 Å². The standard InChI is InChI=1S/C13H16N2O2/c1-15-6-5-10(8-14-9-16)12-7-11(17-2)3-4-13(12)15/h3-4,7,10H,5-6,8H2,1-2H3. The second-order valence-corrected chi connectivity index (χ2v) is 4.26. The summed E-state index contributed by atoms with van der Waals surface area (Å²) in [5, 5.41) is 0. The quantitative estimate of drug-likeness (QED) is 0.591. The molecule has 0 aliphatic carbocycles. The van der Waals surface area contributed by atoms with E-state index in [0.717, 1.165) is 18.7 Å². The molecule has 0 spiro atoms. The largest absolute Gasteiger partial charge is 0.497 e. The zero-order valence-corrected chi connectivity index (χ0v) is 10.1. The molecule has 4 nitrogen and oxygen atoms in total. The highest BCUT2D eigenvalue weighted by atomic mass is 16.5. The molecule has 0 aromatic heterocycles. The minimum Gasteiger partial charge on any atom is -0.497 e. The van der Waals surface area contributed by atoms with Gasteiger partial charge in [0.1, 0.15) is 5.75 Å². The number of isocyanates is 1. The SMILES string of the molecule is COc1ccc2c(c1)C(CN=C=O)CCN2C. The minimum atomic E-state index is 0.290. The van der Waals surface area contributed by atoms with Crippen LogP contribution in [-0.2, 0) is 4.79 Å². The summed E-state index contributed by atoms with van der Waals surface area (Å²) in [5.41, 5.74) is 2.40. The summed E-state index contributed by atoms with van der Waals surface area (Å²) < 4.78 is 5.24. The maximum Gasteiger partial charge on any atom is 0.234 e. The molecule has 1 aromatic carbocycles. The Bertz CT molecular complexity index is 453. The second kappa shape index (κ2) is 5.02. The first-order valence-corrected chi connectivity index (χ1v) is 5.69. The Morgan fingerprint density at radius 3 is 3.12 bits per heavy atom. The molecular formula is C13H16N2O2. The summed E-state index contributed by atoms with van der Waals surface area (Å²) in [6.07, 6.45) is 2.62. The van der Waals surface area contributed by atoms with E-state index in [-0.39, 0.29) is 5.92 Å². The van der Waals surface area contributed by atoms with Crippen LogP contribution in [0.15, 0.2) is 23.2 Å². The van der Waals surface area contributed by atoms with Gasteiger partial charge in [0, 0.05) is 25.2 Å². The van der Waals surface area contributed by atoms with Gasteiger partial charge in [0.25, 0.3) is 0 Å². The van der Waals surface area contributed by atoms with Crippen LogP contribution in [0.5, 0.6) is 5.75 Å². The molecule has 0 saturated heterocycles. The molecule has 1 aromatic rings. The number of anilines is 1. The molecule has 17 heavy (non-hydrogen) atoms. The molecule has 0 amide bonds. The van der Waals surface area contributed by atoms with Crippen molar-refractivity contribution in [2.24, 2.45) is 4.99 Å². The molecule has 2 rings (SSSR count). The molecule has 1 heterocycles. The van der Waals surface area contributed by atoms with Crippen molar-refractivity contribution in [3.05, 3.63) is 23.8 Å². The molecule has 0 N–H and O–H groups in total. The van der Waals surface area contributed by atoms with E-state index in [9.17, 15) is 4.79 Å². The van der Waals surface area contributed by atoms with E-state index in [4.69, 9.17) is 4.74 Å². The van der Waals surface area contributed by atoms with Gasteiger partial charge in [-0.3, -0.25) is 0 Å². The third kappa shape index (κ3) is 2.32. The van der Waals surface area contributed by atoms with E-state index in [1.54, 1.807) is 13.2 Å². The Morgan fingerprint density at radius 2 is 2.41 bits per heavy atom. The first-order chi connectivity index (χ1) is 8.26. The van der Waals surface area contributed by atoms with Crippen LogP contribution < -0.4 is 9.64 Å². The van der Waals surface area contributed by atoms with Crippen molar-refractivity contribution in [3.8, 4) is 5.75 Å². The third-order valence-electron chi connectivity index (χ3n) is 3.27. The Balaban J connectivity index is 2.37.